The van der Waals surface area contributed by atoms with Gasteiger partial charge in [-0.25, -0.2) is 0 Å². The van der Waals surface area contributed by atoms with E-state index < -0.39 is 4.92 Å². The van der Waals surface area contributed by atoms with Crippen LogP contribution in [-0.2, 0) is 0 Å². The number of rotatable bonds is 4. The van der Waals surface area contributed by atoms with E-state index in [-0.39, 0.29) is 5.69 Å². The van der Waals surface area contributed by atoms with Crippen molar-refractivity contribution < 1.29 is 4.92 Å². The highest BCUT2D eigenvalue weighted by Gasteiger charge is 2.09. The van der Waals surface area contributed by atoms with E-state index in [0.29, 0.717) is 12.1 Å². The van der Waals surface area contributed by atoms with Crippen LogP contribution in [0.3, 0.4) is 0 Å². The van der Waals surface area contributed by atoms with Gasteiger partial charge in [-0.15, -0.1) is 11.8 Å². The first kappa shape index (κ1) is 11.9. The van der Waals surface area contributed by atoms with Gasteiger partial charge in [0.25, 0.3) is 5.69 Å². The third kappa shape index (κ3) is 3.54. The van der Waals surface area contributed by atoms with Gasteiger partial charge >= 0.3 is 0 Å². The largest absolute Gasteiger partial charge is 0.294 e. The van der Waals surface area contributed by atoms with Crippen LogP contribution in [0.15, 0.2) is 29.3 Å². The molecule has 1 rings (SSSR count). The summed E-state index contributed by atoms with van der Waals surface area (Å²) < 4.78 is 0. The molecule has 1 aromatic rings. The molecule has 0 bridgehead atoms. The summed E-state index contributed by atoms with van der Waals surface area (Å²) in [6, 6.07) is 6.42. The van der Waals surface area contributed by atoms with Crippen LogP contribution in [0.25, 0.3) is 0 Å². The van der Waals surface area contributed by atoms with E-state index in [2.05, 4.69) is 16.8 Å². The van der Waals surface area contributed by atoms with Crippen molar-refractivity contribution in [2.75, 3.05) is 0 Å². The van der Waals surface area contributed by atoms with Crippen molar-refractivity contribution >= 4 is 17.6 Å². The predicted octanol–water partition coefficient (Wildman–Crippen LogP) is 3.10. The molecule has 82 valence electrons. The van der Waals surface area contributed by atoms with Gasteiger partial charge < -0.3 is 0 Å². The van der Waals surface area contributed by atoms with Gasteiger partial charge in [-0.3, -0.25) is 15.1 Å². The van der Waals surface area contributed by atoms with Crippen LogP contribution in [0, 0.1) is 22.0 Å². The van der Waals surface area contributed by atoms with Gasteiger partial charge in [0.2, 0.25) is 0 Å². The fraction of sp³-hybridized carbons (Fsp3) is 0.250. The lowest BCUT2D eigenvalue weighted by atomic mass is 10.2. The van der Waals surface area contributed by atoms with Crippen LogP contribution in [-0.4, -0.2) is 11.1 Å². The Morgan fingerprint density at radius 3 is 2.94 bits per heavy atom. The van der Waals surface area contributed by atoms with Crippen molar-refractivity contribution in [2.24, 2.45) is 4.99 Å². The fourth-order valence-corrected chi connectivity index (χ4v) is 1.15. The van der Waals surface area contributed by atoms with Gasteiger partial charge in [0.15, 0.2) is 0 Å². The van der Waals surface area contributed by atoms with E-state index in [0.717, 1.165) is 6.42 Å². The second kappa shape index (κ2) is 6.36. The Morgan fingerprint density at radius 1 is 1.50 bits per heavy atom. The number of aliphatic imine (C=N–C) groups is 1. The molecule has 0 aromatic heterocycles. The molecule has 0 aliphatic rings. The lowest BCUT2D eigenvalue weighted by Gasteiger charge is -1.95. The summed E-state index contributed by atoms with van der Waals surface area (Å²) in [5, 5.41) is 10.7. The molecule has 0 amide bonds. The van der Waals surface area contributed by atoms with Crippen LogP contribution in [0.2, 0.25) is 0 Å². The van der Waals surface area contributed by atoms with E-state index in [4.69, 9.17) is 0 Å². The summed E-state index contributed by atoms with van der Waals surface area (Å²) in [6.45, 7) is 1.78. The third-order valence-corrected chi connectivity index (χ3v) is 1.88. The topological polar surface area (TPSA) is 55.5 Å². The first-order chi connectivity index (χ1) is 7.75. The van der Waals surface area contributed by atoms with Gasteiger partial charge in [-0.2, -0.15) is 0 Å². The minimum Gasteiger partial charge on any atom is -0.258 e. The van der Waals surface area contributed by atoms with Crippen LogP contribution >= 0.6 is 0 Å². The highest BCUT2D eigenvalue weighted by Crippen LogP contribution is 2.25. The molecular formula is C12H12N2O2. The number of nitro benzene ring substituents is 1. The van der Waals surface area contributed by atoms with Crippen molar-refractivity contribution in [3.63, 3.8) is 0 Å². The van der Waals surface area contributed by atoms with Crippen LogP contribution in [0.4, 0.5) is 11.4 Å². The maximum Gasteiger partial charge on any atom is 0.294 e. The maximum absolute atomic E-state index is 10.7. The second-order valence-corrected chi connectivity index (χ2v) is 3.02. The molecule has 0 atom stereocenters. The predicted molar refractivity (Wildman–Crippen MR) is 63.9 cm³/mol. The fourth-order valence-electron chi connectivity index (χ4n) is 1.15. The summed E-state index contributed by atoms with van der Waals surface area (Å²) in [4.78, 5) is 14.3. The molecule has 1 aromatic carbocycles. The first-order valence-electron chi connectivity index (χ1n) is 4.91. The van der Waals surface area contributed by atoms with Gasteiger partial charge in [-0.1, -0.05) is 12.1 Å². The molecule has 0 fully saturated rings. The summed E-state index contributed by atoms with van der Waals surface area (Å²) in [5.41, 5.74) is 0.414. The summed E-state index contributed by atoms with van der Waals surface area (Å²) in [6.07, 6.45) is 3.08. The molecule has 0 spiro atoms. The summed E-state index contributed by atoms with van der Waals surface area (Å²) in [5.74, 6) is 5.67. The Hall–Kier alpha value is -2.15. The minimum atomic E-state index is -0.432. The number of benzene rings is 1. The molecule has 4 heteroatoms. The first-order valence-corrected chi connectivity index (χ1v) is 4.91. The molecule has 0 saturated heterocycles. The van der Waals surface area contributed by atoms with E-state index in [1.807, 2.05) is 0 Å². The summed E-state index contributed by atoms with van der Waals surface area (Å²) in [7, 11) is 0. The molecular weight excluding hydrogens is 204 g/mol. The Labute approximate surface area is 94.2 Å². The SMILES string of the molecule is CC#CCCC=Nc1ccccc1[N+](=O)[O-]. The zero-order chi connectivity index (χ0) is 11.8. The highest BCUT2D eigenvalue weighted by atomic mass is 16.6. The van der Waals surface area contributed by atoms with Gasteiger partial charge in [0.1, 0.15) is 5.69 Å². The number of para-hydroxylation sites is 2. The molecule has 0 aliphatic carbocycles. The molecule has 0 aliphatic heterocycles. The van der Waals surface area contributed by atoms with E-state index in [1.54, 1.807) is 31.3 Å². The van der Waals surface area contributed by atoms with E-state index >= 15 is 0 Å². The monoisotopic (exact) mass is 216 g/mol. The minimum absolute atomic E-state index is 0.0281. The van der Waals surface area contributed by atoms with Crippen molar-refractivity contribution in [2.45, 2.75) is 19.8 Å². The molecule has 0 heterocycles. The molecule has 0 radical (unpaired) electrons. The zero-order valence-electron chi connectivity index (χ0n) is 9.01. The Bertz CT molecular complexity index is 456. The van der Waals surface area contributed by atoms with E-state index in [1.165, 1.54) is 6.07 Å². The zero-order valence-corrected chi connectivity index (χ0v) is 9.01. The van der Waals surface area contributed by atoms with Gasteiger partial charge in [-0.05, 0) is 19.4 Å². The summed E-state index contributed by atoms with van der Waals surface area (Å²) >= 11 is 0. The number of nitro groups is 1. The molecule has 0 N–H and O–H groups in total. The molecule has 0 unspecified atom stereocenters. The van der Waals surface area contributed by atoms with Crippen molar-refractivity contribution in [1.82, 2.24) is 0 Å². The van der Waals surface area contributed by atoms with Crippen molar-refractivity contribution in [1.29, 1.82) is 0 Å². The smallest absolute Gasteiger partial charge is 0.258 e. The normalized spacial score (nSPS) is 9.81. The highest BCUT2D eigenvalue weighted by molar-refractivity contribution is 5.68. The number of nitrogens with zero attached hydrogens (tertiary/aromatic N) is 2. The van der Waals surface area contributed by atoms with Gasteiger partial charge in [0, 0.05) is 18.7 Å². The molecule has 4 nitrogen and oxygen atoms in total. The molecule has 16 heavy (non-hydrogen) atoms. The van der Waals surface area contributed by atoms with Crippen molar-refractivity contribution in [3.8, 4) is 11.8 Å². The van der Waals surface area contributed by atoms with Crippen LogP contribution in [0.1, 0.15) is 19.8 Å². The van der Waals surface area contributed by atoms with Gasteiger partial charge in [0.05, 0.1) is 4.92 Å². The lowest BCUT2D eigenvalue weighted by Crippen LogP contribution is -1.87. The number of hydrogen-bond acceptors (Lipinski definition) is 3. The van der Waals surface area contributed by atoms with E-state index in [9.17, 15) is 10.1 Å². The Balaban J connectivity index is 2.71. The van der Waals surface area contributed by atoms with Crippen LogP contribution < -0.4 is 0 Å². The average molecular weight is 216 g/mol. The number of hydrogen-bond donors (Lipinski definition) is 0. The molecule has 0 saturated carbocycles. The number of unbranched alkanes of at least 4 members (excludes halogenated alkanes) is 1. The maximum atomic E-state index is 10.7. The van der Waals surface area contributed by atoms with Crippen LogP contribution in [0.5, 0.6) is 0 Å². The third-order valence-electron chi connectivity index (χ3n) is 1.88. The Kier molecular flexibility index (Phi) is 4.74. The quantitative estimate of drug-likeness (QED) is 0.255. The van der Waals surface area contributed by atoms with Crippen molar-refractivity contribution in [3.05, 3.63) is 34.4 Å². The Morgan fingerprint density at radius 2 is 2.25 bits per heavy atom. The standard InChI is InChI=1S/C12H12N2O2/c1-2-3-4-7-10-13-11-8-5-6-9-12(11)14(15)16/h5-6,8-10H,4,7H2,1H3. The lowest BCUT2D eigenvalue weighted by molar-refractivity contribution is -0.384. The average Bonchev–Trinajstić information content (AvgIpc) is 2.29. The second-order valence-electron chi connectivity index (χ2n) is 3.02.